The first kappa shape index (κ1) is 23.5. The fourth-order valence-corrected chi connectivity index (χ4v) is 4.28. The molecule has 3 aliphatic heterocycles. The van der Waals surface area contributed by atoms with E-state index in [4.69, 9.17) is 9.47 Å². The molecule has 3 fully saturated rings. The van der Waals surface area contributed by atoms with Crippen molar-refractivity contribution in [3.63, 3.8) is 0 Å². The van der Waals surface area contributed by atoms with E-state index in [1.165, 1.54) is 5.56 Å². The van der Waals surface area contributed by atoms with E-state index >= 15 is 0 Å². The van der Waals surface area contributed by atoms with Gasteiger partial charge in [0.2, 0.25) is 0 Å². The summed E-state index contributed by atoms with van der Waals surface area (Å²) in [5, 5.41) is 3.53. The maximum Gasteiger partial charge on any atom is 0.194 e. The van der Waals surface area contributed by atoms with E-state index in [0.717, 1.165) is 77.0 Å². The average Bonchev–Trinajstić information content (AvgIpc) is 3.30. The van der Waals surface area contributed by atoms with Gasteiger partial charge in [0.15, 0.2) is 5.96 Å². The number of piperazine rings is 1. The molecule has 0 aliphatic carbocycles. The average molecular weight is 530 g/mol. The number of halogens is 1. The maximum atomic E-state index is 5.97. The number of hydrogen-bond donors (Lipinski definition) is 1. The van der Waals surface area contributed by atoms with Gasteiger partial charge in [0.05, 0.1) is 12.7 Å². The van der Waals surface area contributed by atoms with Crippen LogP contribution >= 0.6 is 24.0 Å². The second kappa shape index (κ2) is 11.4. The number of rotatable bonds is 4. The van der Waals surface area contributed by atoms with Crippen molar-refractivity contribution in [1.29, 1.82) is 0 Å². The Morgan fingerprint density at radius 3 is 2.70 bits per heavy atom. The summed E-state index contributed by atoms with van der Waals surface area (Å²) in [6.07, 6.45) is 4.50. The molecule has 0 amide bonds. The van der Waals surface area contributed by atoms with Gasteiger partial charge in [-0.2, -0.15) is 0 Å². The normalized spacial score (nSPS) is 25.9. The third kappa shape index (κ3) is 5.95. The summed E-state index contributed by atoms with van der Waals surface area (Å²) in [6.45, 7) is 8.21. The van der Waals surface area contributed by atoms with Crippen LogP contribution in [0, 0.1) is 0 Å². The standard InChI is InChI=1S/C21H34N6O2.HI/c1-22-21(27-11-13-29-19(16-27)18-4-3-12-28-18)24-15-17-5-6-23-20(14-17)26-9-7-25(2)8-10-26;/h5-6,14,18-19H,3-4,7-13,15-16H2,1-2H3,(H,22,24);1H. The molecule has 3 aliphatic rings. The van der Waals surface area contributed by atoms with Crippen molar-refractivity contribution < 1.29 is 9.47 Å². The van der Waals surface area contributed by atoms with Crippen molar-refractivity contribution in [2.75, 3.05) is 71.5 Å². The zero-order chi connectivity index (χ0) is 20.1. The predicted octanol–water partition coefficient (Wildman–Crippen LogP) is 1.41. The van der Waals surface area contributed by atoms with Crippen molar-refractivity contribution in [2.24, 2.45) is 4.99 Å². The quantitative estimate of drug-likeness (QED) is 0.359. The minimum atomic E-state index is 0. The molecule has 168 valence electrons. The van der Waals surface area contributed by atoms with Crippen LogP contribution in [-0.2, 0) is 16.0 Å². The van der Waals surface area contributed by atoms with E-state index in [-0.39, 0.29) is 36.2 Å². The second-order valence-corrected chi connectivity index (χ2v) is 8.12. The van der Waals surface area contributed by atoms with E-state index in [2.05, 4.69) is 49.2 Å². The summed E-state index contributed by atoms with van der Waals surface area (Å²) in [5.41, 5.74) is 1.22. The Morgan fingerprint density at radius 1 is 1.17 bits per heavy atom. The van der Waals surface area contributed by atoms with Crippen molar-refractivity contribution in [2.45, 2.75) is 31.6 Å². The Labute approximate surface area is 197 Å². The summed E-state index contributed by atoms with van der Waals surface area (Å²) >= 11 is 0. The van der Waals surface area contributed by atoms with Crippen molar-refractivity contribution in [1.82, 2.24) is 20.1 Å². The van der Waals surface area contributed by atoms with Crippen LogP contribution in [-0.4, -0.2) is 99.5 Å². The molecule has 4 heterocycles. The molecule has 0 spiro atoms. The van der Waals surface area contributed by atoms with Crippen molar-refractivity contribution in [3.05, 3.63) is 23.9 Å². The molecule has 3 saturated heterocycles. The number of aliphatic imine (C=N–C) groups is 1. The van der Waals surface area contributed by atoms with E-state index in [9.17, 15) is 0 Å². The van der Waals surface area contributed by atoms with Gasteiger partial charge in [-0.15, -0.1) is 24.0 Å². The Morgan fingerprint density at radius 2 is 1.97 bits per heavy atom. The van der Waals surface area contributed by atoms with E-state index in [1.54, 1.807) is 0 Å². The summed E-state index contributed by atoms with van der Waals surface area (Å²) in [7, 11) is 4.02. The first-order valence-corrected chi connectivity index (χ1v) is 10.8. The first-order chi connectivity index (χ1) is 14.2. The highest BCUT2D eigenvalue weighted by Crippen LogP contribution is 2.21. The molecule has 1 N–H and O–H groups in total. The van der Waals surface area contributed by atoms with Crippen LogP contribution in [0.4, 0.5) is 5.82 Å². The Hall–Kier alpha value is -1.17. The van der Waals surface area contributed by atoms with Gasteiger partial charge < -0.3 is 29.5 Å². The van der Waals surface area contributed by atoms with Crippen molar-refractivity contribution in [3.8, 4) is 0 Å². The van der Waals surface area contributed by atoms with Crippen LogP contribution in [0.2, 0.25) is 0 Å². The van der Waals surface area contributed by atoms with E-state index < -0.39 is 0 Å². The zero-order valence-electron chi connectivity index (χ0n) is 18.1. The molecular formula is C21H35IN6O2. The lowest BCUT2D eigenvalue weighted by Crippen LogP contribution is -2.53. The number of guanidine groups is 1. The van der Waals surface area contributed by atoms with E-state index in [0.29, 0.717) is 6.61 Å². The van der Waals surface area contributed by atoms with Crippen LogP contribution < -0.4 is 10.2 Å². The number of morpholine rings is 1. The molecule has 0 radical (unpaired) electrons. The minimum absolute atomic E-state index is 0. The molecule has 1 aromatic heterocycles. The SMILES string of the molecule is CN=C(NCc1ccnc(N2CCN(C)CC2)c1)N1CCOC(C2CCCO2)C1.I. The molecule has 8 nitrogen and oxygen atoms in total. The highest BCUT2D eigenvalue weighted by Gasteiger charge is 2.32. The lowest BCUT2D eigenvalue weighted by molar-refractivity contribution is -0.0817. The van der Waals surface area contributed by atoms with Gasteiger partial charge in [0, 0.05) is 65.7 Å². The minimum Gasteiger partial charge on any atom is -0.375 e. The van der Waals surface area contributed by atoms with Gasteiger partial charge in [-0.25, -0.2) is 4.98 Å². The molecule has 30 heavy (non-hydrogen) atoms. The third-order valence-corrected chi connectivity index (χ3v) is 6.07. The molecule has 0 bridgehead atoms. The number of hydrogen-bond acceptors (Lipinski definition) is 6. The number of pyridine rings is 1. The molecular weight excluding hydrogens is 495 g/mol. The van der Waals surface area contributed by atoms with Crippen LogP contribution in [0.15, 0.2) is 23.3 Å². The lowest BCUT2D eigenvalue weighted by Gasteiger charge is -2.37. The third-order valence-electron chi connectivity index (χ3n) is 6.07. The Bertz CT molecular complexity index is 692. The van der Waals surface area contributed by atoms with Crippen LogP contribution in [0.5, 0.6) is 0 Å². The highest BCUT2D eigenvalue weighted by molar-refractivity contribution is 14.0. The number of nitrogens with zero attached hydrogens (tertiary/aromatic N) is 5. The van der Waals surface area contributed by atoms with Crippen LogP contribution in [0.25, 0.3) is 0 Å². The molecule has 1 aromatic rings. The van der Waals surface area contributed by atoms with E-state index in [1.807, 2.05) is 13.2 Å². The fourth-order valence-electron chi connectivity index (χ4n) is 4.28. The highest BCUT2D eigenvalue weighted by atomic mass is 127. The molecule has 0 aromatic carbocycles. The number of aromatic nitrogens is 1. The van der Waals surface area contributed by atoms with Crippen LogP contribution in [0.3, 0.4) is 0 Å². The van der Waals surface area contributed by atoms with Crippen molar-refractivity contribution >= 4 is 35.8 Å². The van der Waals surface area contributed by atoms with Gasteiger partial charge in [-0.05, 0) is 37.6 Å². The molecule has 4 rings (SSSR count). The Balaban J connectivity index is 0.00000256. The van der Waals surface area contributed by atoms with Gasteiger partial charge in [-0.1, -0.05) is 0 Å². The largest absolute Gasteiger partial charge is 0.375 e. The van der Waals surface area contributed by atoms with Gasteiger partial charge in [0.25, 0.3) is 0 Å². The van der Waals surface area contributed by atoms with Gasteiger partial charge in [0.1, 0.15) is 11.9 Å². The van der Waals surface area contributed by atoms with Crippen LogP contribution in [0.1, 0.15) is 18.4 Å². The predicted molar refractivity (Wildman–Crippen MR) is 130 cm³/mol. The molecule has 2 unspecified atom stereocenters. The summed E-state index contributed by atoms with van der Waals surface area (Å²) in [6, 6.07) is 4.27. The maximum absolute atomic E-state index is 5.97. The monoisotopic (exact) mass is 530 g/mol. The smallest absolute Gasteiger partial charge is 0.194 e. The van der Waals surface area contributed by atoms with Gasteiger partial charge in [-0.3, -0.25) is 4.99 Å². The van der Waals surface area contributed by atoms with Gasteiger partial charge >= 0.3 is 0 Å². The zero-order valence-corrected chi connectivity index (χ0v) is 20.5. The fraction of sp³-hybridized carbons (Fsp3) is 0.714. The molecule has 2 atom stereocenters. The first-order valence-electron chi connectivity index (χ1n) is 10.8. The summed E-state index contributed by atoms with van der Waals surface area (Å²) in [4.78, 5) is 16.1. The molecule has 0 saturated carbocycles. The second-order valence-electron chi connectivity index (χ2n) is 8.12. The Kier molecular flexibility index (Phi) is 8.97. The molecule has 9 heteroatoms. The topological polar surface area (TPSA) is 65.5 Å². The number of ether oxygens (including phenoxy) is 2. The lowest BCUT2D eigenvalue weighted by atomic mass is 10.1. The number of likely N-dealkylation sites (N-methyl/N-ethyl adjacent to an activating group) is 1. The summed E-state index contributed by atoms with van der Waals surface area (Å²) in [5.74, 6) is 1.99. The number of nitrogens with one attached hydrogen (secondary N) is 1. The number of anilines is 1. The summed E-state index contributed by atoms with van der Waals surface area (Å²) < 4.78 is 11.8.